The molecular weight excluding hydrogens is 354 g/mol. The minimum absolute atomic E-state index is 0.0653. The van der Waals surface area contributed by atoms with Gasteiger partial charge in [-0.3, -0.25) is 0 Å². The van der Waals surface area contributed by atoms with Crippen LogP contribution in [-0.4, -0.2) is 13.4 Å². The molecule has 2 aromatic rings. The van der Waals surface area contributed by atoms with Gasteiger partial charge in [-0.1, -0.05) is 6.07 Å². The highest BCUT2D eigenvalue weighted by Crippen LogP contribution is 2.29. The van der Waals surface area contributed by atoms with Crippen molar-refractivity contribution in [3.8, 4) is 11.6 Å². The van der Waals surface area contributed by atoms with Crippen LogP contribution < -0.4 is 4.74 Å². The molecule has 0 radical (unpaired) electrons. The van der Waals surface area contributed by atoms with Crippen molar-refractivity contribution < 1.29 is 13.2 Å². The lowest BCUT2D eigenvalue weighted by atomic mass is 10.2. The molecule has 7 heteroatoms. The van der Waals surface area contributed by atoms with Crippen molar-refractivity contribution in [3.63, 3.8) is 0 Å². The normalized spacial score (nSPS) is 11.3. The van der Waals surface area contributed by atoms with Crippen LogP contribution in [0, 0.1) is 6.92 Å². The molecule has 0 fully saturated rings. The Morgan fingerprint density at radius 2 is 2.00 bits per heavy atom. The molecular formula is C12H9BrClNO3S. The van der Waals surface area contributed by atoms with E-state index in [-0.39, 0.29) is 10.8 Å². The summed E-state index contributed by atoms with van der Waals surface area (Å²) in [6, 6.07) is 8.40. The smallest absolute Gasteiger partial charge is 0.262 e. The molecule has 0 saturated heterocycles. The standard InChI is InChI=1S/C12H9BrClNO3S/c1-8-2-4-11(10(13)6-8)18-12-5-3-9(7-15-12)19(14,16)17/h2-7H,1H3. The van der Waals surface area contributed by atoms with E-state index in [0.29, 0.717) is 5.75 Å². The topological polar surface area (TPSA) is 56.3 Å². The molecule has 0 spiro atoms. The quantitative estimate of drug-likeness (QED) is 0.778. The molecule has 0 unspecified atom stereocenters. The van der Waals surface area contributed by atoms with E-state index in [1.54, 1.807) is 6.07 Å². The molecule has 0 bridgehead atoms. The third-order valence-electron chi connectivity index (χ3n) is 2.29. The van der Waals surface area contributed by atoms with Gasteiger partial charge in [0.05, 0.1) is 10.7 Å². The molecule has 1 heterocycles. The average molecular weight is 363 g/mol. The van der Waals surface area contributed by atoms with Crippen LogP contribution in [0.4, 0.5) is 0 Å². The lowest BCUT2D eigenvalue weighted by molar-refractivity contribution is 0.459. The minimum Gasteiger partial charge on any atom is -0.438 e. The van der Waals surface area contributed by atoms with Gasteiger partial charge in [0.25, 0.3) is 9.05 Å². The van der Waals surface area contributed by atoms with Gasteiger partial charge in [-0.05, 0) is 46.6 Å². The maximum atomic E-state index is 11.1. The first-order chi connectivity index (χ1) is 8.86. The Kier molecular flexibility index (Phi) is 4.13. The molecule has 0 aliphatic carbocycles. The number of hydrogen-bond acceptors (Lipinski definition) is 4. The number of rotatable bonds is 3. The summed E-state index contributed by atoms with van der Waals surface area (Å²) >= 11 is 3.38. The highest BCUT2D eigenvalue weighted by Gasteiger charge is 2.11. The largest absolute Gasteiger partial charge is 0.438 e. The van der Waals surface area contributed by atoms with E-state index >= 15 is 0 Å². The molecule has 0 aliphatic heterocycles. The fourth-order valence-corrected chi connectivity index (χ4v) is 2.63. The predicted octanol–water partition coefficient (Wildman–Crippen LogP) is 3.87. The molecule has 0 atom stereocenters. The van der Waals surface area contributed by atoms with Crippen LogP contribution in [0.3, 0.4) is 0 Å². The molecule has 0 aliphatic rings. The first kappa shape index (κ1) is 14.3. The molecule has 1 aromatic heterocycles. The summed E-state index contributed by atoms with van der Waals surface area (Å²) in [6.07, 6.45) is 1.15. The second kappa shape index (κ2) is 5.48. The number of ether oxygens (including phenoxy) is 1. The van der Waals surface area contributed by atoms with Crippen molar-refractivity contribution >= 4 is 35.7 Å². The monoisotopic (exact) mass is 361 g/mol. The molecule has 19 heavy (non-hydrogen) atoms. The van der Waals surface area contributed by atoms with E-state index in [1.165, 1.54) is 12.1 Å². The van der Waals surface area contributed by atoms with Gasteiger partial charge >= 0.3 is 0 Å². The van der Waals surface area contributed by atoms with E-state index in [2.05, 4.69) is 20.9 Å². The third kappa shape index (κ3) is 3.68. The second-order valence-electron chi connectivity index (χ2n) is 3.81. The zero-order valence-corrected chi connectivity index (χ0v) is 13.0. The lowest BCUT2D eigenvalue weighted by Gasteiger charge is -2.07. The van der Waals surface area contributed by atoms with Crippen molar-refractivity contribution in [3.05, 3.63) is 46.6 Å². The van der Waals surface area contributed by atoms with Crippen LogP contribution in [0.15, 0.2) is 45.9 Å². The van der Waals surface area contributed by atoms with E-state index < -0.39 is 9.05 Å². The molecule has 1 aromatic carbocycles. The zero-order chi connectivity index (χ0) is 14.0. The summed E-state index contributed by atoms with van der Waals surface area (Å²) < 4.78 is 28.5. The Hall–Kier alpha value is -1.11. The predicted molar refractivity (Wildman–Crippen MR) is 76.2 cm³/mol. The van der Waals surface area contributed by atoms with E-state index in [0.717, 1.165) is 16.2 Å². The minimum atomic E-state index is -3.76. The number of hydrogen-bond donors (Lipinski definition) is 0. The SMILES string of the molecule is Cc1ccc(Oc2ccc(S(=O)(=O)Cl)cn2)c(Br)c1. The molecule has 0 amide bonds. The number of benzene rings is 1. The van der Waals surface area contributed by atoms with Crippen LogP contribution in [0.1, 0.15) is 5.56 Å². The first-order valence-electron chi connectivity index (χ1n) is 5.21. The Morgan fingerprint density at radius 3 is 2.53 bits per heavy atom. The highest BCUT2D eigenvalue weighted by molar-refractivity contribution is 9.10. The Morgan fingerprint density at radius 1 is 1.26 bits per heavy atom. The van der Waals surface area contributed by atoms with Crippen molar-refractivity contribution in [1.82, 2.24) is 4.98 Å². The van der Waals surface area contributed by atoms with Crippen LogP contribution in [0.2, 0.25) is 0 Å². The van der Waals surface area contributed by atoms with Crippen LogP contribution in [-0.2, 0) is 9.05 Å². The van der Waals surface area contributed by atoms with Gasteiger partial charge in [0, 0.05) is 16.7 Å². The van der Waals surface area contributed by atoms with Crippen molar-refractivity contribution in [2.45, 2.75) is 11.8 Å². The van der Waals surface area contributed by atoms with Gasteiger partial charge in [0.2, 0.25) is 5.88 Å². The fraction of sp³-hybridized carbons (Fsp3) is 0.0833. The fourth-order valence-electron chi connectivity index (χ4n) is 1.37. The summed E-state index contributed by atoms with van der Waals surface area (Å²) in [4.78, 5) is 3.83. The zero-order valence-electron chi connectivity index (χ0n) is 9.80. The number of halogens is 2. The number of pyridine rings is 1. The molecule has 2 rings (SSSR count). The van der Waals surface area contributed by atoms with Gasteiger partial charge in [0.1, 0.15) is 10.6 Å². The summed E-state index contributed by atoms with van der Waals surface area (Å²) in [6.45, 7) is 1.97. The Balaban J connectivity index is 2.25. The molecule has 4 nitrogen and oxygen atoms in total. The second-order valence-corrected chi connectivity index (χ2v) is 7.23. The summed E-state index contributed by atoms with van der Waals surface area (Å²) in [5, 5.41) is 0. The van der Waals surface area contributed by atoms with Gasteiger partial charge in [-0.25, -0.2) is 13.4 Å². The van der Waals surface area contributed by atoms with Crippen molar-refractivity contribution in [1.29, 1.82) is 0 Å². The van der Waals surface area contributed by atoms with Crippen molar-refractivity contribution in [2.24, 2.45) is 0 Å². The summed E-state index contributed by atoms with van der Waals surface area (Å²) in [5.41, 5.74) is 1.09. The number of aromatic nitrogens is 1. The van der Waals surface area contributed by atoms with Crippen LogP contribution in [0.5, 0.6) is 11.6 Å². The van der Waals surface area contributed by atoms with E-state index in [4.69, 9.17) is 15.4 Å². The highest BCUT2D eigenvalue weighted by atomic mass is 79.9. The Labute approximate surface area is 123 Å². The van der Waals surface area contributed by atoms with Gasteiger partial charge < -0.3 is 4.74 Å². The molecule has 0 N–H and O–H groups in total. The number of aryl methyl sites for hydroxylation is 1. The molecule has 0 saturated carbocycles. The maximum Gasteiger partial charge on any atom is 0.262 e. The first-order valence-corrected chi connectivity index (χ1v) is 8.31. The lowest BCUT2D eigenvalue weighted by Crippen LogP contribution is -1.94. The number of nitrogens with zero attached hydrogens (tertiary/aromatic N) is 1. The maximum absolute atomic E-state index is 11.1. The van der Waals surface area contributed by atoms with Crippen LogP contribution in [0.25, 0.3) is 0 Å². The molecule has 100 valence electrons. The summed E-state index contributed by atoms with van der Waals surface area (Å²) in [7, 11) is 1.44. The van der Waals surface area contributed by atoms with Gasteiger partial charge in [-0.15, -0.1) is 0 Å². The van der Waals surface area contributed by atoms with E-state index in [9.17, 15) is 8.42 Å². The Bertz CT molecular complexity index is 701. The van der Waals surface area contributed by atoms with Crippen molar-refractivity contribution in [2.75, 3.05) is 0 Å². The third-order valence-corrected chi connectivity index (χ3v) is 4.25. The van der Waals surface area contributed by atoms with Gasteiger partial charge in [-0.2, -0.15) is 0 Å². The van der Waals surface area contributed by atoms with Gasteiger partial charge in [0.15, 0.2) is 0 Å². The summed E-state index contributed by atoms with van der Waals surface area (Å²) in [5.74, 6) is 0.883. The van der Waals surface area contributed by atoms with E-state index in [1.807, 2.05) is 19.1 Å². The van der Waals surface area contributed by atoms with Crippen LogP contribution >= 0.6 is 26.6 Å². The average Bonchev–Trinajstić information content (AvgIpc) is 2.32.